The molecule has 0 aromatic rings. The van der Waals surface area contributed by atoms with Gasteiger partial charge in [0.2, 0.25) is 0 Å². The number of halogens is 3. The van der Waals surface area contributed by atoms with Gasteiger partial charge in [0.1, 0.15) is 0 Å². The number of ether oxygens (including phenoxy) is 1. The second kappa shape index (κ2) is 12.5. The SMILES string of the molecule is CCCCCCCCOC(CCl)C(Br)CCl. The van der Waals surface area contributed by atoms with Crippen molar-refractivity contribution in [2.24, 2.45) is 0 Å². The molecule has 2 atom stereocenters. The van der Waals surface area contributed by atoms with Gasteiger partial charge in [-0.3, -0.25) is 0 Å². The molecule has 98 valence electrons. The lowest BCUT2D eigenvalue weighted by atomic mass is 10.1. The Bertz CT molecular complexity index is 147. The Hall–Kier alpha value is 1.02. The summed E-state index contributed by atoms with van der Waals surface area (Å²) in [4.78, 5) is 0.159. The van der Waals surface area contributed by atoms with Crippen molar-refractivity contribution < 1.29 is 4.74 Å². The lowest BCUT2D eigenvalue weighted by Crippen LogP contribution is -2.27. The third-order valence-electron chi connectivity index (χ3n) is 2.53. The van der Waals surface area contributed by atoms with Crippen molar-refractivity contribution in [1.29, 1.82) is 0 Å². The minimum Gasteiger partial charge on any atom is -0.376 e. The van der Waals surface area contributed by atoms with Crippen molar-refractivity contribution in [2.75, 3.05) is 18.4 Å². The van der Waals surface area contributed by atoms with E-state index in [4.69, 9.17) is 27.9 Å². The molecule has 0 spiro atoms. The fraction of sp³-hybridized carbons (Fsp3) is 1.00. The number of hydrogen-bond donors (Lipinski definition) is 0. The van der Waals surface area contributed by atoms with Crippen molar-refractivity contribution in [3.05, 3.63) is 0 Å². The Morgan fingerprint density at radius 1 is 1.00 bits per heavy atom. The van der Waals surface area contributed by atoms with Gasteiger partial charge in [-0.25, -0.2) is 0 Å². The van der Waals surface area contributed by atoms with E-state index in [9.17, 15) is 0 Å². The smallest absolute Gasteiger partial charge is 0.0846 e. The molecule has 0 aliphatic carbocycles. The summed E-state index contributed by atoms with van der Waals surface area (Å²) in [7, 11) is 0. The van der Waals surface area contributed by atoms with Crippen LogP contribution in [0.2, 0.25) is 0 Å². The maximum atomic E-state index is 5.81. The van der Waals surface area contributed by atoms with E-state index in [-0.39, 0.29) is 10.9 Å². The summed E-state index contributed by atoms with van der Waals surface area (Å²) >= 11 is 15.0. The molecule has 0 bridgehead atoms. The first-order valence-electron chi connectivity index (χ1n) is 6.13. The molecular formula is C12H23BrCl2O. The molecule has 0 fully saturated rings. The van der Waals surface area contributed by atoms with Gasteiger partial charge in [-0.2, -0.15) is 0 Å². The number of unbranched alkanes of at least 4 members (excludes halogenated alkanes) is 5. The highest BCUT2D eigenvalue weighted by Gasteiger charge is 2.17. The van der Waals surface area contributed by atoms with E-state index >= 15 is 0 Å². The lowest BCUT2D eigenvalue weighted by molar-refractivity contribution is 0.0683. The normalized spacial score (nSPS) is 15.0. The average molecular weight is 334 g/mol. The molecule has 0 N–H and O–H groups in total. The molecule has 4 heteroatoms. The zero-order valence-electron chi connectivity index (χ0n) is 10.1. The molecule has 0 heterocycles. The van der Waals surface area contributed by atoms with Crippen LogP contribution >= 0.6 is 39.1 Å². The zero-order chi connectivity index (χ0) is 12.2. The summed E-state index contributed by atoms with van der Waals surface area (Å²) in [6.07, 6.45) is 7.72. The summed E-state index contributed by atoms with van der Waals surface area (Å²) < 4.78 is 5.69. The van der Waals surface area contributed by atoms with Crippen LogP contribution in [0.5, 0.6) is 0 Å². The topological polar surface area (TPSA) is 9.23 Å². The summed E-state index contributed by atoms with van der Waals surface area (Å²) in [6.45, 7) is 3.03. The van der Waals surface area contributed by atoms with Gasteiger partial charge in [0, 0.05) is 18.4 Å². The van der Waals surface area contributed by atoms with E-state index in [2.05, 4.69) is 22.9 Å². The fourth-order valence-corrected chi connectivity index (χ4v) is 2.52. The van der Waals surface area contributed by atoms with Crippen LogP contribution in [-0.4, -0.2) is 29.3 Å². The Morgan fingerprint density at radius 3 is 2.19 bits per heavy atom. The van der Waals surface area contributed by atoms with Crippen LogP contribution < -0.4 is 0 Å². The molecule has 0 aliphatic heterocycles. The Balaban J connectivity index is 3.34. The van der Waals surface area contributed by atoms with Crippen LogP contribution in [0.15, 0.2) is 0 Å². The van der Waals surface area contributed by atoms with Gasteiger partial charge >= 0.3 is 0 Å². The quantitative estimate of drug-likeness (QED) is 0.383. The lowest BCUT2D eigenvalue weighted by Gasteiger charge is -2.18. The molecule has 2 unspecified atom stereocenters. The number of hydrogen-bond acceptors (Lipinski definition) is 1. The van der Waals surface area contributed by atoms with Gasteiger partial charge in [-0.15, -0.1) is 23.2 Å². The zero-order valence-corrected chi connectivity index (χ0v) is 13.2. The molecule has 0 aromatic heterocycles. The van der Waals surface area contributed by atoms with Crippen LogP contribution in [0, 0.1) is 0 Å². The first kappa shape index (κ1) is 17.0. The molecule has 0 radical (unpaired) electrons. The number of alkyl halides is 3. The van der Waals surface area contributed by atoms with Gasteiger partial charge < -0.3 is 4.74 Å². The predicted molar refractivity (Wildman–Crippen MR) is 77.3 cm³/mol. The van der Waals surface area contributed by atoms with Crippen LogP contribution in [0.25, 0.3) is 0 Å². The van der Waals surface area contributed by atoms with E-state index in [0.29, 0.717) is 11.8 Å². The highest BCUT2D eigenvalue weighted by molar-refractivity contribution is 9.09. The van der Waals surface area contributed by atoms with E-state index in [1.54, 1.807) is 0 Å². The third-order valence-corrected chi connectivity index (χ3v) is 4.46. The number of rotatable bonds is 11. The molecule has 0 saturated heterocycles. The molecule has 0 aliphatic rings. The van der Waals surface area contributed by atoms with Gasteiger partial charge in [0.15, 0.2) is 0 Å². The molecule has 0 aromatic carbocycles. The van der Waals surface area contributed by atoms with Crippen LogP contribution in [0.3, 0.4) is 0 Å². The van der Waals surface area contributed by atoms with Gasteiger partial charge in [-0.1, -0.05) is 55.0 Å². The maximum Gasteiger partial charge on any atom is 0.0846 e. The second-order valence-corrected chi connectivity index (χ2v) is 5.79. The standard InChI is InChI=1S/C12H23BrCl2O/c1-2-3-4-5-6-7-8-16-12(10-15)11(13)9-14/h11-12H,2-10H2,1H3. The van der Waals surface area contributed by atoms with E-state index in [1.165, 1.54) is 32.1 Å². The van der Waals surface area contributed by atoms with Crippen LogP contribution in [-0.2, 0) is 4.74 Å². The summed E-state index contributed by atoms with van der Waals surface area (Å²) in [5.74, 6) is 1.03. The highest BCUT2D eigenvalue weighted by atomic mass is 79.9. The molecule has 0 amide bonds. The molecular weight excluding hydrogens is 311 g/mol. The van der Waals surface area contributed by atoms with Crippen LogP contribution in [0.4, 0.5) is 0 Å². The molecule has 16 heavy (non-hydrogen) atoms. The van der Waals surface area contributed by atoms with Crippen molar-refractivity contribution in [3.63, 3.8) is 0 Å². The van der Waals surface area contributed by atoms with Gasteiger partial charge in [0.05, 0.1) is 10.9 Å². The monoisotopic (exact) mass is 332 g/mol. The summed E-state index contributed by atoms with van der Waals surface area (Å²) in [5, 5.41) is 0. The van der Waals surface area contributed by atoms with Crippen molar-refractivity contribution in [2.45, 2.75) is 56.4 Å². The van der Waals surface area contributed by atoms with E-state index < -0.39 is 0 Å². The third kappa shape index (κ3) is 9.09. The van der Waals surface area contributed by atoms with Gasteiger partial charge in [0.25, 0.3) is 0 Å². The van der Waals surface area contributed by atoms with Crippen molar-refractivity contribution >= 4 is 39.1 Å². The largest absolute Gasteiger partial charge is 0.376 e. The maximum absolute atomic E-state index is 5.81. The average Bonchev–Trinajstić information content (AvgIpc) is 2.32. The van der Waals surface area contributed by atoms with Gasteiger partial charge in [-0.05, 0) is 6.42 Å². The summed E-state index contributed by atoms with van der Waals surface area (Å²) in [6, 6.07) is 0. The Kier molecular flexibility index (Phi) is 13.3. The van der Waals surface area contributed by atoms with E-state index in [0.717, 1.165) is 13.0 Å². The van der Waals surface area contributed by atoms with Crippen molar-refractivity contribution in [1.82, 2.24) is 0 Å². The first-order valence-corrected chi connectivity index (χ1v) is 8.12. The Labute approximate surface area is 118 Å². The highest BCUT2D eigenvalue weighted by Crippen LogP contribution is 2.14. The minimum atomic E-state index is 0.0369. The second-order valence-electron chi connectivity index (χ2n) is 4.00. The summed E-state index contributed by atoms with van der Waals surface area (Å²) in [5.41, 5.74) is 0. The minimum absolute atomic E-state index is 0.0369. The van der Waals surface area contributed by atoms with E-state index in [1.807, 2.05) is 0 Å². The Morgan fingerprint density at radius 2 is 1.62 bits per heavy atom. The predicted octanol–water partition coefficient (Wildman–Crippen LogP) is 4.97. The molecule has 0 saturated carbocycles. The molecule has 0 rings (SSSR count). The van der Waals surface area contributed by atoms with Crippen LogP contribution in [0.1, 0.15) is 45.4 Å². The van der Waals surface area contributed by atoms with Crippen molar-refractivity contribution in [3.8, 4) is 0 Å². The first-order chi connectivity index (χ1) is 7.76. The molecule has 1 nitrogen and oxygen atoms in total. The fourth-order valence-electron chi connectivity index (χ4n) is 1.46.